The molecule has 23 heavy (non-hydrogen) atoms. The van der Waals surface area contributed by atoms with E-state index >= 15 is 0 Å². The summed E-state index contributed by atoms with van der Waals surface area (Å²) in [7, 11) is 0. The van der Waals surface area contributed by atoms with Crippen LogP contribution < -0.4 is 10.6 Å². The molecule has 2 N–H and O–H groups in total. The van der Waals surface area contributed by atoms with Crippen LogP contribution in [0.3, 0.4) is 0 Å². The second kappa shape index (κ2) is 7.97. The van der Waals surface area contributed by atoms with Gasteiger partial charge in [-0.1, -0.05) is 31.0 Å². The Morgan fingerprint density at radius 1 is 1.26 bits per heavy atom. The fraction of sp³-hybridized carbons (Fsp3) is 0.333. The van der Waals surface area contributed by atoms with Gasteiger partial charge in [0.1, 0.15) is 5.69 Å². The molecule has 0 aliphatic carbocycles. The second-order valence-corrected chi connectivity index (χ2v) is 6.01. The number of anilines is 2. The largest absolute Gasteiger partial charge is 0.384 e. The van der Waals surface area contributed by atoms with Crippen molar-refractivity contribution in [3.05, 3.63) is 52.3 Å². The van der Waals surface area contributed by atoms with Crippen molar-refractivity contribution in [1.29, 1.82) is 0 Å². The minimum atomic E-state index is -0.265. The van der Waals surface area contributed by atoms with Gasteiger partial charge in [-0.2, -0.15) is 0 Å². The molecule has 5 heteroatoms. The number of aryl methyl sites for hydroxylation is 2. The summed E-state index contributed by atoms with van der Waals surface area (Å²) < 4.78 is 0. The molecule has 0 saturated heterocycles. The number of carbonyl (C=O) groups excluding carboxylic acids is 1. The summed E-state index contributed by atoms with van der Waals surface area (Å²) >= 11 is 6.22. The fourth-order valence-corrected chi connectivity index (χ4v) is 2.66. The van der Waals surface area contributed by atoms with Crippen LogP contribution in [0, 0.1) is 13.8 Å². The van der Waals surface area contributed by atoms with E-state index in [9.17, 15) is 4.79 Å². The van der Waals surface area contributed by atoms with Crippen LogP contribution in [-0.2, 0) is 0 Å². The predicted octanol–water partition coefficient (Wildman–Crippen LogP) is 4.82. The molecule has 0 saturated carbocycles. The lowest BCUT2D eigenvalue weighted by atomic mass is 10.1. The van der Waals surface area contributed by atoms with Crippen LogP contribution in [0.25, 0.3) is 0 Å². The zero-order valence-electron chi connectivity index (χ0n) is 13.7. The van der Waals surface area contributed by atoms with Gasteiger partial charge in [0.2, 0.25) is 0 Å². The first-order valence-corrected chi connectivity index (χ1v) is 8.17. The van der Waals surface area contributed by atoms with Gasteiger partial charge in [0.05, 0.1) is 22.6 Å². The number of nitrogens with zero attached hydrogens (tertiary/aromatic N) is 1. The molecule has 1 amide bonds. The van der Waals surface area contributed by atoms with Crippen molar-refractivity contribution in [3.63, 3.8) is 0 Å². The van der Waals surface area contributed by atoms with E-state index in [1.54, 1.807) is 12.3 Å². The van der Waals surface area contributed by atoms with E-state index in [1.165, 1.54) is 0 Å². The van der Waals surface area contributed by atoms with E-state index in [4.69, 9.17) is 11.6 Å². The second-order valence-electron chi connectivity index (χ2n) is 5.61. The summed E-state index contributed by atoms with van der Waals surface area (Å²) in [5.74, 6) is -0.265. The maximum absolute atomic E-state index is 12.3. The molecule has 2 rings (SSSR count). The molecule has 0 aliphatic heterocycles. The molecule has 1 heterocycles. The van der Waals surface area contributed by atoms with Gasteiger partial charge in [0.25, 0.3) is 5.91 Å². The zero-order chi connectivity index (χ0) is 16.8. The molecule has 0 bridgehead atoms. The maximum Gasteiger partial charge on any atom is 0.274 e. The topological polar surface area (TPSA) is 54.0 Å². The van der Waals surface area contributed by atoms with Crippen molar-refractivity contribution < 1.29 is 4.79 Å². The number of unbranched alkanes of at least 4 members (excludes halogenated alkanes) is 1. The van der Waals surface area contributed by atoms with Crippen LogP contribution in [-0.4, -0.2) is 17.4 Å². The highest BCUT2D eigenvalue weighted by molar-refractivity contribution is 6.34. The molecule has 4 nitrogen and oxygen atoms in total. The Bertz CT molecular complexity index is 660. The minimum absolute atomic E-state index is 0.265. The molecule has 0 aliphatic rings. The fourth-order valence-electron chi connectivity index (χ4n) is 2.29. The lowest BCUT2D eigenvalue weighted by molar-refractivity contribution is 0.102. The summed E-state index contributed by atoms with van der Waals surface area (Å²) in [5, 5.41) is 6.65. The highest BCUT2D eigenvalue weighted by atomic mass is 35.5. The number of aromatic nitrogens is 1. The monoisotopic (exact) mass is 331 g/mol. The zero-order valence-corrected chi connectivity index (χ0v) is 14.5. The Balaban J connectivity index is 2.06. The van der Waals surface area contributed by atoms with Gasteiger partial charge in [-0.25, -0.2) is 4.98 Å². The third kappa shape index (κ3) is 4.70. The lowest BCUT2D eigenvalue weighted by Crippen LogP contribution is -2.15. The van der Waals surface area contributed by atoms with Crippen LogP contribution >= 0.6 is 11.6 Å². The third-order valence-electron chi connectivity index (χ3n) is 3.53. The molecule has 0 radical (unpaired) electrons. The molecular weight excluding hydrogens is 310 g/mol. The quantitative estimate of drug-likeness (QED) is 0.746. The van der Waals surface area contributed by atoms with E-state index < -0.39 is 0 Å². The number of rotatable bonds is 6. The Labute approximate surface area is 142 Å². The normalized spacial score (nSPS) is 10.4. The molecular formula is C18H22ClN3O. The van der Waals surface area contributed by atoms with Gasteiger partial charge < -0.3 is 10.6 Å². The maximum atomic E-state index is 12.3. The molecule has 122 valence electrons. The summed E-state index contributed by atoms with van der Waals surface area (Å²) in [6.07, 6.45) is 3.92. The van der Waals surface area contributed by atoms with Gasteiger partial charge in [0, 0.05) is 6.54 Å². The number of nitrogens with one attached hydrogen (secondary N) is 2. The van der Waals surface area contributed by atoms with Gasteiger partial charge in [0.15, 0.2) is 0 Å². The van der Waals surface area contributed by atoms with Crippen molar-refractivity contribution in [2.24, 2.45) is 0 Å². The van der Waals surface area contributed by atoms with Crippen LogP contribution in [0.15, 0.2) is 30.5 Å². The smallest absolute Gasteiger partial charge is 0.274 e. The summed E-state index contributed by atoms with van der Waals surface area (Å²) in [6, 6.07) is 7.39. The Hall–Kier alpha value is -2.07. The highest BCUT2D eigenvalue weighted by Gasteiger charge is 2.12. The molecule has 0 unspecified atom stereocenters. The molecule has 1 aromatic carbocycles. The summed E-state index contributed by atoms with van der Waals surface area (Å²) in [5.41, 5.74) is 3.91. The number of pyridine rings is 1. The van der Waals surface area contributed by atoms with Crippen molar-refractivity contribution in [2.75, 3.05) is 17.2 Å². The molecule has 0 spiro atoms. The van der Waals surface area contributed by atoms with Crippen LogP contribution in [0.2, 0.25) is 5.02 Å². The van der Waals surface area contributed by atoms with Gasteiger partial charge >= 0.3 is 0 Å². The van der Waals surface area contributed by atoms with Crippen molar-refractivity contribution in [3.8, 4) is 0 Å². The summed E-state index contributed by atoms with van der Waals surface area (Å²) in [4.78, 5) is 16.5. The molecule has 2 aromatic rings. The Morgan fingerprint density at radius 2 is 2.04 bits per heavy atom. The highest BCUT2D eigenvalue weighted by Crippen LogP contribution is 2.27. The van der Waals surface area contributed by atoms with Crippen molar-refractivity contribution in [2.45, 2.75) is 33.6 Å². The van der Waals surface area contributed by atoms with Crippen molar-refractivity contribution >= 4 is 28.9 Å². The molecule has 0 atom stereocenters. The van der Waals surface area contributed by atoms with Crippen LogP contribution in [0.4, 0.5) is 11.4 Å². The van der Waals surface area contributed by atoms with Gasteiger partial charge in [-0.3, -0.25) is 4.79 Å². The van der Waals surface area contributed by atoms with Crippen LogP contribution in [0.5, 0.6) is 0 Å². The number of benzene rings is 1. The van der Waals surface area contributed by atoms with Crippen molar-refractivity contribution in [1.82, 2.24) is 4.98 Å². The number of hydrogen-bond donors (Lipinski definition) is 2. The summed E-state index contributed by atoms with van der Waals surface area (Å²) in [6.45, 7) is 6.94. The standard InChI is InChI=1S/C18H22ClN3O/c1-4-5-8-20-14-6-7-16(21-11-14)18(23)22-17-13(3)9-12(2)10-15(17)19/h6-7,9-11,20H,4-5,8H2,1-3H3,(H,22,23). The van der Waals surface area contributed by atoms with Gasteiger partial charge in [-0.05, 0) is 49.6 Å². The number of amides is 1. The first-order chi connectivity index (χ1) is 11.0. The number of carbonyl (C=O) groups is 1. The average molecular weight is 332 g/mol. The minimum Gasteiger partial charge on any atom is -0.384 e. The Kier molecular flexibility index (Phi) is 5.99. The van der Waals surface area contributed by atoms with E-state index in [0.717, 1.165) is 36.2 Å². The predicted molar refractivity (Wildman–Crippen MR) is 96.5 cm³/mol. The van der Waals surface area contributed by atoms with Gasteiger partial charge in [-0.15, -0.1) is 0 Å². The number of halogens is 1. The number of hydrogen-bond acceptors (Lipinski definition) is 3. The average Bonchev–Trinajstić information content (AvgIpc) is 2.51. The van der Waals surface area contributed by atoms with E-state index in [0.29, 0.717) is 16.4 Å². The van der Waals surface area contributed by atoms with E-state index in [-0.39, 0.29) is 5.91 Å². The molecule has 0 fully saturated rings. The first-order valence-electron chi connectivity index (χ1n) is 7.79. The van der Waals surface area contributed by atoms with Crippen LogP contribution in [0.1, 0.15) is 41.4 Å². The Morgan fingerprint density at radius 3 is 2.65 bits per heavy atom. The molecule has 1 aromatic heterocycles. The van der Waals surface area contributed by atoms with E-state index in [2.05, 4.69) is 22.5 Å². The third-order valence-corrected chi connectivity index (χ3v) is 3.82. The first kappa shape index (κ1) is 17.3. The van der Waals surface area contributed by atoms with E-state index in [1.807, 2.05) is 32.0 Å². The SMILES string of the molecule is CCCCNc1ccc(C(=O)Nc2c(C)cc(C)cc2Cl)nc1. The lowest BCUT2D eigenvalue weighted by Gasteiger charge is -2.11.